The quantitative estimate of drug-likeness (QED) is 0.876. The number of carbonyl (C=O) groups is 1. The number of aryl methyl sites for hydroxylation is 1. The van der Waals surface area contributed by atoms with Crippen LogP contribution in [0.1, 0.15) is 59.0 Å². The van der Waals surface area contributed by atoms with Crippen LogP contribution in [0.3, 0.4) is 0 Å². The van der Waals surface area contributed by atoms with E-state index >= 15 is 0 Å². The van der Waals surface area contributed by atoms with E-state index in [1.54, 1.807) is 0 Å². The molecule has 1 aliphatic heterocycles. The van der Waals surface area contributed by atoms with Gasteiger partial charge in [0.2, 0.25) is 0 Å². The smallest absolute Gasteiger partial charge is 0.273 e. The Labute approximate surface area is 149 Å². The van der Waals surface area contributed by atoms with Gasteiger partial charge in [-0.2, -0.15) is 0 Å². The zero-order valence-corrected chi connectivity index (χ0v) is 15.2. The van der Waals surface area contributed by atoms with Gasteiger partial charge >= 0.3 is 0 Å². The molecule has 0 bridgehead atoms. The summed E-state index contributed by atoms with van der Waals surface area (Å²) in [6, 6.07) is 8.77. The summed E-state index contributed by atoms with van der Waals surface area (Å²) >= 11 is 0. The summed E-state index contributed by atoms with van der Waals surface area (Å²) < 4.78 is 1.92. The summed E-state index contributed by atoms with van der Waals surface area (Å²) in [6.07, 6.45) is 2.05. The molecule has 0 saturated carbocycles. The molecule has 6 nitrogen and oxygen atoms in total. The number of nitrogens with one attached hydrogen (secondary N) is 2. The molecule has 6 heteroatoms. The van der Waals surface area contributed by atoms with E-state index in [1.807, 2.05) is 11.6 Å². The second-order valence-electron chi connectivity index (χ2n) is 6.97. The number of benzene rings is 1. The molecule has 1 fully saturated rings. The Morgan fingerprint density at radius 2 is 1.96 bits per heavy atom. The maximum absolute atomic E-state index is 12.5. The highest BCUT2D eigenvalue weighted by molar-refractivity contribution is 5.93. The molecular weight excluding hydrogens is 314 g/mol. The summed E-state index contributed by atoms with van der Waals surface area (Å²) in [7, 11) is 0. The highest BCUT2D eigenvalue weighted by atomic mass is 16.2. The van der Waals surface area contributed by atoms with Crippen molar-refractivity contribution in [2.24, 2.45) is 0 Å². The third kappa shape index (κ3) is 4.07. The van der Waals surface area contributed by atoms with Crippen molar-refractivity contribution in [2.75, 3.05) is 19.6 Å². The van der Waals surface area contributed by atoms with Crippen molar-refractivity contribution in [3.8, 4) is 0 Å². The van der Waals surface area contributed by atoms with Crippen LogP contribution in [-0.4, -0.2) is 40.5 Å². The molecule has 1 unspecified atom stereocenters. The average Bonchev–Trinajstić information content (AvgIpc) is 3.02. The first-order valence-electron chi connectivity index (χ1n) is 9.03. The Morgan fingerprint density at radius 3 is 2.64 bits per heavy atom. The molecule has 1 aromatic heterocycles. The molecule has 1 saturated heterocycles. The van der Waals surface area contributed by atoms with Crippen LogP contribution in [0.15, 0.2) is 24.3 Å². The first-order chi connectivity index (χ1) is 12.1. The molecule has 2 N–H and O–H groups in total. The molecule has 0 aliphatic carbocycles. The second-order valence-corrected chi connectivity index (χ2v) is 6.97. The highest BCUT2D eigenvalue weighted by Crippen LogP contribution is 2.20. The van der Waals surface area contributed by atoms with Gasteiger partial charge in [0.05, 0.1) is 11.7 Å². The number of aromatic nitrogens is 3. The van der Waals surface area contributed by atoms with Crippen molar-refractivity contribution in [2.45, 2.75) is 45.6 Å². The van der Waals surface area contributed by atoms with Crippen molar-refractivity contribution in [1.82, 2.24) is 25.6 Å². The summed E-state index contributed by atoms with van der Waals surface area (Å²) in [5.41, 5.74) is 3.76. The van der Waals surface area contributed by atoms with Gasteiger partial charge in [0, 0.05) is 6.54 Å². The van der Waals surface area contributed by atoms with E-state index in [1.165, 1.54) is 11.1 Å². The molecule has 1 amide bonds. The third-order valence-corrected chi connectivity index (χ3v) is 5.01. The molecule has 2 aromatic rings. The van der Waals surface area contributed by atoms with Crippen LogP contribution in [0, 0.1) is 13.8 Å². The van der Waals surface area contributed by atoms with E-state index in [4.69, 9.17) is 0 Å². The standard InChI is InChI=1S/C19H27N5O/c1-13-4-6-16(7-5-13)14(2)12-21-19(25)18-15(3)24(23-22-18)17-8-10-20-11-9-17/h4-7,14,17,20H,8-12H2,1-3H3,(H,21,25). The van der Waals surface area contributed by atoms with E-state index in [0.29, 0.717) is 18.3 Å². The summed E-state index contributed by atoms with van der Waals surface area (Å²) in [5, 5.41) is 14.7. The van der Waals surface area contributed by atoms with E-state index in [9.17, 15) is 4.79 Å². The van der Waals surface area contributed by atoms with Crippen LogP contribution in [0.25, 0.3) is 0 Å². The summed E-state index contributed by atoms with van der Waals surface area (Å²) in [5.74, 6) is 0.112. The van der Waals surface area contributed by atoms with E-state index in [-0.39, 0.29) is 11.8 Å². The van der Waals surface area contributed by atoms with Crippen LogP contribution in [0.4, 0.5) is 0 Å². The van der Waals surface area contributed by atoms with Crippen molar-refractivity contribution in [3.05, 3.63) is 46.8 Å². The Hall–Kier alpha value is -2.21. The maximum atomic E-state index is 12.5. The normalized spacial score (nSPS) is 16.6. The fourth-order valence-corrected chi connectivity index (χ4v) is 3.29. The molecule has 1 aliphatic rings. The topological polar surface area (TPSA) is 71.8 Å². The molecule has 1 atom stereocenters. The van der Waals surface area contributed by atoms with Crippen LogP contribution >= 0.6 is 0 Å². The molecule has 25 heavy (non-hydrogen) atoms. The van der Waals surface area contributed by atoms with Gasteiger partial charge in [-0.3, -0.25) is 4.79 Å². The third-order valence-electron chi connectivity index (χ3n) is 5.01. The van der Waals surface area contributed by atoms with Gasteiger partial charge in [0.25, 0.3) is 5.91 Å². The van der Waals surface area contributed by atoms with Crippen molar-refractivity contribution in [1.29, 1.82) is 0 Å². The minimum atomic E-state index is -0.142. The number of amides is 1. The lowest BCUT2D eigenvalue weighted by molar-refractivity contribution is 0.0946. The number of nitrogens with zero attached hydrogens (tertiary/aromatic N) is 3. The van der Waals surface area contributed by atoms with Gasteiger partial charge in [-0.05, 0) is 51.3 Å². The van der Waals surface area contributed by atoms with Gasteiger partial charge < -0.3 is 10.6 Å². The molecule has 1 aromatic carbocycles. The first-order valence-corrected chi connectivity index (χ1v) is 9.03. The number of carbonyl (C=O) groups excluding carboxylic acids is 1. The van der Waals surface area contributed by atoms with Crippen molar-refractivity contribution < 1.29 is 4.79 Å². The molecule has 0 spiro atoms. The predicted octanol–water partition coefficient (Wildman–Crippen LogP) is 2.35. The molecule has 0 radical (unpaired) electrons. The van der Waals surface area contributed by atoms with Crippen LogP contribution in [0.2, 0.25) is 0 Å². The zero-order valence-electron chi connectivity index (χ0n) is 15.2. The maximum Gasteiger partial charge on any atom is 0.273 e. The predicted molar refractivity (Wildman–Crippen MR) is 97.8 cm³/mol. The lowest BCUT2D eigenvalue weighted by Gasteiger charge is -2.23. The van der Waals surface area contributed by atoms with Crippen LogP contribution in [0.5, 0.6) is 0 Å². The second kappa shape index (κ2) is 7.78. The average molecular weight is 341 g/mol. The van der Waals surface area contributed by atoms with Gasteiger partial charge in [-0.25, -0.2) is 4.68 Å². The first kappa shape index (κ1) is 17.6. The molecule has 3 rings (SSSR count). The number of piperidine rings is 1. The van der Waals surface area contributed by atoms with E-state index in [2.05, 4.69) is 59.1 Å². The monoisotopic (exact) mass is 341 g/mol. The Bertz CT molecular complexity index is 716. The Kier molecular flexibility index (Phi) is 5.48. The number of hydrogen-bond acceptors (Lipinski definition) is 4. The number of rotatable bonds is 5. The Balaban J connectivity index is 1.61. The van der Waals surface area contributed by atoms with Crippen molar-refractivity contribution >= 4 is 5.91 Å². The summed E-state index contributed by atoms with van der Waals surface area (Å²) in [4.78, 5) is 12.5. The van der Waals surface area contributed by atoms with Crippen LogP contribution < -0.4 is 10.6 Å². The van der Waals surface area contributed by atoms with Gasteiger partial charge in [-0.1, -0.05) is 42.0 Å². The number of hydrogen-bond donors (Lipinski definition) is 2. The summed E-state index contributed by atoms with van der Waals surface area (Å²) in [6.45, 7) is 8.68. The van der Waals surface area contributed by atoms with Crippen molar-refractivity contribution in [3.63, 3.8) is 0 Å². The highest BCUT2D eigenvalue weighted by Gasteiger charge is 2.23. The minimum Gasteiger partial charge on any atom is -0.350 e. The van der Waals surface area contributed by atoms with Gasteiger partial charge in [-0.15, -0.1) is 5.10 Å². The van der Waals surface area contributed by atoms with E-state index < -0.39 is 0 Å². The fraction of sp³-hybridized carbons (Fsp3) is 0.526. The molecule has 2 heterocycles. The Morgan fingerprint density at radius 1 is 1.28 bits per heavy atom. The molecule has 134 valence electrons. The SMILES string of the molecule is Cc1ccc(C(C)CNC(=O)c2nnn(C3CCNCC3)c2C)cc1. The van der Waals surface area contributed by atoms with Crippen LogP contribution in [-0.2, 0) is 0 Å². The largest absolute Gasteiger partial charge is 0.350 e. The van der Waals surface area contributed by atoms with Gasteiger partial charge in [0.15, 0.2) is 5.69 Å². The lowest BCUT2D eigenvalue weighted by atomic mass is 10.00. The molecular formula is C19H27N5O. The van der Waals surface area contributed by atoms with E-state index in [0.717, 1.165) is 31.6 Å². The van der Waals surface area contributed by atoms with Gasteiger partial charge in [0.1, 0.15) is 0 Å². The fourth-order valence-electron chi connectivity index (χ4n) is 3.29. The lowest BCUT2D eigenvalue weighted by Crippen LogP contribution is -2.31. The minimum absolute atomic E-state index is 0.142. The zero-order chi connectivity index (χ0) is 17.8.